The average molecular weight is 218 g/mol. The molecule has 1 unspecified atom stereocenters. The fraction of sp³-hybridized carbons (Fsp3) is 0.231. The van der Waals surface area contributed by atoms with Crippen LogP contribution in [0.15, 0.2) is 35.7 Å². The number of thiophene rings is 1. The Bertz CT molecular complexity index is 459. The summed E-state index contributed by atoms with van der Waals surface area (Å²) in [6, 6.07) is 10.0. The SMILES string of the molecule is Cc1cc(C(O)c2ccccc2C)cs1. The van der Waals surface area contributed by atoms with E-state index in [0.717, 1.165) is 16.7 Å². The number of aliphatic hydroxyl groups is 1. The van der Waals surface area contributed by atoms with Gasteiger partial charge in [-0.2, -0.15) is 0 Å². The molecule has 2 heteroatoms. The molecule has 15 heavy (non-hydrogen) atoms. The minimum atomic E-state index is -0.490. The van der Waals surface area contributed by atoms with Gasteiger partial charge < -0.3 is 5.11 Å². The number of aryl methyl sites for hydroxylation is 2. The molecule has 0 saturated carbocycles. The second-order valence-corrected chi connectivity index (χ2v) is 4.87. The van der Waals surface area contributed by atoms with E-state index in [1.54, 1.807) is 11.3 Å². The average Bonchev–Trinajstić information content (AvgIpc) is 2.65. The zero-order valence-electron chi connectivity index (χ0n) is 8.90. The summed E-state index contributed by atoms with van der Waals surface area (Å²) in [5.41, 5.74) is 3.12. The van der Waals surface area contributed by atoms with Gasteiger partial charge in [0.15, 0.2) is 0 Å². The van der Waals surface area contributed by atoms with Gasteiger partial charge in [0.05, 0.1) is 0 Å². The molecule has 2 aromatic rings. The Morgan fingerprint density at radius 1 is 1.20 bits per heavy atom. The van der Waals surface area contributed by atoms with Gasteiger partial charge in [0.25, 0.3) is 0 Å². The highest BCUT2D eigenvalue weighted by molar-refractivity contribution is 7.10. The van der Waals surface area contributed by atoms with Crippen LogP contribution in [0, 0.1) is 13.8 Å². The second kappa shape index (κ2) is 4.17. The molecule has 1 N–H and O–H groups in total. The van der Waals surface area contributed by atoms with Crippen molar-refractivity contribution in [3.63, 3.8) is 0 Å². The predicted octanol–water partition coefficient (Wildman–Crippen LogP) is 3.45. The second-order valence-electron chi connectivity index (χ2n) is 3.75. The highest BCUT2D eigenvalue weighted by atomic mass is 32.1. The molecule has 1 aromatic heterocycles. The molecule has 1 aromatic carbocycles. The van der Waals surface area contributed by atoms with Crippen molar-refractivity contribution in [3.8, 4) is 0 Å². The molecule has 0 bridgehead atoms. The lowest BCUT2D eigenvalue weighted by Crippen LogP contribution is -2.00. The van der Waals surface area contributed by atoms with E-state index in [-0.39, 0.29) is 0 Å². The van der Waals surface area contributed by atoms with Gasteiger partial charge in [0.2, 0.25) is 0 Å². The van der Waals surface area contributed by atoms with Crippen LogP contribution in [0.1, 0.15) is 27.7 Å². The first-order valence-electron chi connectivity index (χ1n) is 4.97. The molecular weight excluding hydrogens is 204 g/mol. The van der Waals surface area contributed by atoms with Crippen LogP contribution in [0.3, 0.4) is 0 Å². The van der Waals surface area contributed by atoms with Crippen LogP contribution in [0.4, 0.5) is 0 Å². The Labute approximate surface area is 94.0 Å². The smallest absolute Gasteiger partial charge is 0.105 e. The van der Waals surface area contributed by atoms with E-state index in [9.17, 15) is 5.11 Å². The molecular formula is C13H14OS. The number of benzene rings is 1. The summed E-state index contributed by atoms with van der Waals surface area (Å²) in [4.78, 5) is 1.23. The summed E-state index contributed by atoms with van der Waals surface area (Å²) in [6.07, 6.45) is -0.490. The number of aliphatic hydroxyl groups excluding tert-OH is 1. The van der Waals surface area contributed by atoms with Gasteiger partial charge in [0.1, 0.15) is 6.10 Å². The molecule has 2 rings (SSSR count). The molecule has 78 valence electrons. The Hall–Kier alpha value is -1.12. The van der Waals surface area contributed by atoms with E-state index in [1.807, 2.05) is 42.6 Å². The Kier molecular flexibility index (Phi) is 2.89. The van der Waals surface area contributed by atoms with Crippen LogP contribution in [0.5, 0.6) is 0 Å². The van der Waals surface area contributed by atoms with Crippen molar-refractivity contribution in [2.24, 2.45) is 0 Å². The Balaban J connectivity index is 2.36. The maximum Gasteiger partial charge on any atom is 0.105 e. The fourth-order valence-corrected chi connectivity index (χ4v) is 2.40. The number of rotatable bonds is 2. The third-order valence-electron chi connectivity index (χ3n) is 2.55. The third-order valence-corrected chi connectivity index (χ3v) is 3.43. The van der Waals surface area contributed by atoms with Crippen molar-refractivity contribution in [3.05, 3.63) is 57.3 Å². The largest absolute Gasteiger partial charge is 0.384 e. The van der Waals surface area contributed by atoms with Crippen LogP contribution < -0.4 is 0 Å². The summed E-state index contributed by atoms with van der Waals surface area (Å²) >= 11 is 1.67. The lowest BCUT2D eigenvalue weighted by Gasteiger charge is -2.11. The van der Waals surface area contributed by atoms with Crippen molar-refractivity contribution in [1.29, 1.82) is 0 Å². The zero-order valence-corrected chi connectivity index (χ0v) is 9.71. The molecule has 0 saturated heterocycles. The summed E-state index contributed by atoms with van der Waals surface area (Å²) in [7, 11) is 0. The first kappa shape index (κ1) is 10.4. The summed E-state index contributed by atoms with van der Waals surface area (Å²) in [5.74, 6) is 0. The van der Waals surface area contributed by atoms with Crippen LogP contribution in [0.2, 0.25) is 0 Å². The maximum atomic E-state index is 10.2. The van der Waals surface area contributed by atoms with Gasteiger partial charge >= 0.3 is 0 Å². The van der Waals surface area contributed by atoms with E-state index in [0.29, 0.717) is 0 Å². The van der Waals surface area contributed by atoms with Gasteiger partial charge in [-0.15, -0.1) is 11.3 Å². The van der Waals surface area contributed by atoms with Gasteiger partial charge in [-0.25, -0.2) is 0 Å². The number of hydrogen-bond acceptors (Lipinski definition) is 2. The van der Waals surface area contributed by atoms with Gasteiger partial charge in [0, 0.05) is 4.88 Å². The monoisotopic (exact) mass is 218 g/mol. The highest BCUT2D eigenvalue weighted by Gasteiger charge is 2.13. The van der Waals surface area contributed by atoms with E-state index < -0.39 is 6.10 Å². The lowest BCUT2D eigenvalue weighted by atomic mass is 9.99. The van der Waals surface area contributed by atoms with Crippen LogP contribution in [0.25, 0.3) is 0 Å². The molecule has 1 heterocycles. The first-order valence-corrected chi connectivity index (χ1v) is 5.85. The van der Waals surface area contributed by atoms with Crippen molar-refractivity contribution >= 4 is 11.3 Å². The number of hydrogen-bond donors (Lipinski definition) is 1. The summed E-state index contributed by atoms with van der Waals surface area (Å²) in [6.45, 7) is 4.08. The van der Waals surface area contributed by atoms with Crippen molar-refractivity contribution in [2.75, 3.05) is 0 Å². The van der Waals surface area contributed by atoms with E-state index >= 15 is 0 Å². The molecule has 1 atom stereocenters. The molecule has 0 aliphatic carbocycles. The van der Waals surface area contributed by atoms with Crippen LogP contribution in [-0.4, -0.2) is 5.11 Å². The molecule has 0 fully saturated rings. The van der Waals surface area contributed by atoms with Crippen molar-refractivity contribution < 1.29 is 5.11 Å². The minimum Gasteiger partial charge on any atom is -0.384 e. The van der Waals surface area contributed by atoms with Gasteiger partial charge in [-0.1, -0.05) is 24.3 Å². The van der Waals surface area contributed by atoms with Gasteiger partial charge in [-0.05, 0) is 42.0 Å². The molecule has 0 aliphatic rings. The van der Waals surface area contributed by atoms with E-state index in [2.05, 4.69) is 6.92 Å². The minimum absolute atomic E-state index is 0.490. The summed E-state index contributed by atoms with van der Waals surface area (Å²) in [5, 5.41) is 12.2. The Morgan fingerprint density at radius 3 is 2.53 bits per heavy atom. The standard InChI is InChI=1S/C13H14OS/c1-9-5-3-4-6-12(9)13(14)11-7-10(2)15-8-11/h3-8,13-14H,1-2H3. The topological polar surface area (TPSA) is 20.2 Å². The van der Waals surface area contributed by atoms with Crippen LogP contribution >= 0.6 is 11.3 Å². The molecule has 0 spiro atoms. The highest BCUT2D eigenvalue weighted by Crippen LogP contribution is 2.27. The zero-order chi connectivity index (χ0) is 10.8. The van der Waals surface area contributed by atoms with Crippen LogP contribution in [-0.2, 0) is 0 Å². The first-order chi connectivity index (χ1) is 7.18. The predicted molar refractivity (Wildman–Crippen MR) is 64.3 cm³/mol. The molecule has 0 amide bonds. The molecule has 1 nitrogen and oxygen atoms in total. The van der Waals surface area contributed by atoms with Crippen molar-refractivity contribution in [2.45, 2.75) is 20.0 Å². The summed E-state index contributed by atoms with van der Waals surface area (Å²) < 4.78 is 0. The van der Waals surface area contributed by atoms with E-state index in [4.69, 9.17) is 0 Å². The normalized spacial score (nSPS) is 12.7. The maximum absolute atomic E-state index is 10.2. The molecule has 0 aliphatic heterocycles. The quantitative estimate of drug-likeness (QED) is 0.818. The third kappa shape index (κ3) is 2.11. The fourth-order valence-electron chi connectivity index (χ4n) is 1.68. The van der Waals surface area contributed by atoms with E-state index in [1.165, 1.54) is 4.88 Å². The molecule has 0 radical (unpaired) electrons. The Morgan fingerprint density at radius 2 is 1.93 bits per heavy atom. The van der Waals surface area contributed by atoms with Crippen molar-refractivity contribution in [1.82, 2.24) is 0 Å². The lowest BCUT2D eigenvalue weighted by molar-refractivity contribution is 0.220. The van der Waals surface area contributed by atoms with Gasteiger partial charge in [-0.3, -0.25) is 0 Å².